The maximum Gasteiger partial charge on any atom is 0.332 e. The Kier molecular flexibility index (Phi) is 8.89. The third-order valence-corrected chi connectivity index (χ3v) is 6.45. The highest BCUT2D eigenvalue weighted by Gasteiger charge is 2.45. The van der Waals surface area contributed by atoms with Crippen LogP contribution in [0.2, 0.25) is 0 Å². The van der Waals surface area contributed by atoms with E-state index in [-0.39, 0.29) is 36.6 Å². The van der Waals surface area contributed by atoms with Gasteiger partial charge in [0, 0.05) is 31.5 Å². The van der Waals surface area contributed by atoms with E-state index in [0.717, 1.165) is 32.1 Å². The van der Waals surface area contributed by atoms with Gasteiger partial charge in [0.1, 0.15) is 6.04 Å². The van der Waals surface area contributed by atoms with Crippen molar-refractivity contribution in [2.24, 2.45) is 5.92 Å². The smallest absolute Gasteiger partial charge is 0.332 e. The zero-order chi connectivity index (χ0) is 21.6. The topological polar surface area (TPSA) is 102 Å². The van der Waals surface area contributed by atoms with Crippen molar-refractivity contribution in [1.29, 1.82) is 0 Å². The average Bonchev–Trinajstić information content (AvgIpc) is 3.35. The normalized spacial score (nSPS) is 24.6. The van der Waals surface area contributed by atoms with Crippen LogP contribution in [0.4, 0.5) is 4.79 Å². The van der Waals surface area contributed by atoms with Crippen LogP contribution in [-0.4, -0.2) is 69.9 Å². The Morgan fingerprint density at radius 1 is 1.00 bits per heavy atom. The summed E-state index contributed by atoms with van der Waals surface area (Å²) < 4.78 is 0. The summed E-state index contributed by atoms with van der Waals surface area (Å²) in [5.74, 6) is -0.127. The third kappa shape index (κ3) is 5.48. The summed E-state index contributed by atoms with van der Waals surface area (Å²) >= 11 is 0. The lowest BCUT2D eigenvalue weighted by atomic mass is 9.92. The van der Waals surface area contributed by atoms with Gasteiger partial charge in [-0.15, -0.1) is 0 Å². The van der Waals surface area contributed by atoms with Crippen molar-refractivity contribution in [3.05, 3.63) is 0 Å². The van der Waals surface area contributed by atoms with Gasteiger partial charge >= 0.3 is 6.03 Å². The van der Waals surface area contributed by atoms with Gasteiger partial charge < -0.3 is 14.9 Å². The molecule has 3 unspecified atom stereocenters. The van der Waals surface area contributed by atoms with Crippen LogP contribution in [0.25, 0.3) is 0 Å². The molecule has 8 heteroatoms. The van der Waals surface area contributed by atoms with Crippen LogP contribution in [0.15, 0.2) is 0 Å². The van der Waals surface area contributed by atoms with Gasteiger partial charge in [-0.3, -0.25) is 15.0 Å². The molecule has 0 aromatic heterocycles. The summed E-state index contributed by atoms with van der Waals surface area (Å²) in [7, 11) is 0. The summed E-state index contributed by atoms with van der Waals surface area (Å²) in [6, 6.07) is -1.39. The fraction of sp³-hybridized carbons (Fsp3) is 0.857. The molecule has 0 radical (unpaired) electrons. The van der Waals surface area contributed by atoms with E-state index in [0.29, 0.717) is 13.0 Å². The number of nitrogens with one attached hydrogen (secondary N) is 2. The lowest BCUT2D eigenvalue weighted by Crippen LogP contribution is -2.56. The van der Waals surface area contributed by atoms with Gasteiger partial charge in [-0.1, -0.05) is 27.7 Å². The first-order valence-electron chi connectivity index (χ1n) is 11.2. The van der Waals surface area contributed by atoms with Crippen LogP contribution in [0.3, 0.4) is 0 Å². The molecular formula is C21H38N4O4. The van der Waals surface area contributed by atoms with Crippen molar-refractivity contribution < 1.29 is 19.5 Å². The Morgan fingerprint density at radius 2 is 1.66 bits per heavy atom. The van der Waals surface area contributed by atoms with E-state index >= 15 is 0 Å². The predicted octanol–water partition coefficient (Wildman–Crippen LogP) is 1.82. The molecule has 0 aliphatic carbocycles. The predicted molar refractivity (Wildman–Crippen MR) is 111 cm³/mol. The highest BCUT2D eigenvalue weighted by molar-refractivity contribution is 5.94. The second kappa shape index (κ2) is 10.9. The number of aliphatic hydroxyl groups excluding tert-OH is 1. The Bertz CT molecular complexity index is 577. The summed E-state index contributed by atoms with van der Waals surface area (Å²) in [6.07, 6.45) is 4.22. The van der Waals surface area contributed by atoms with Gasteiger partial charge in [0.25, 0.3) is 0 Å². The summed E-state index contributed by atoms with van der Waals surface area (Å²) in [5, 5.41) is 10.1. The highest BCUT2D eigenvalue weighted by Crippen LogP contribution is 2.28. The first kappa shape index (κ1) is 23.6. The largest absolute Gasteiger partial charge is 0.391 e. The highest BCUT2D eigenvalue weighted by atomic mass is 16.3. The monoisotopic (exact) mass is 410 g/mol. The molecule has 2 aliphatic rings. The number of amides is 3. The zero-order valence-corrected chi connectivity index (χ0v) is 18.3. The SMILES string of the molecule is CCC(CC)NNC(=O)N1CC(O)CC1C(=O)N1CCCC1C(=O)C(CC)CC. The summed E-state index contributed by atoms with van der Waals surface area (Å²) in [6.45, 7) is 8.71. The van der Waals surface area contributed by atoms with Crippen molar-refractivity contribution in [2.75, 3.05) is 13.1 Å². The van der Waals surface area contributed by atoms with Crippen molar-refractivity contribution in [3.63, 3.8) is 0 Å². The van der Waals surface area contributed by atoms with E-state index in [4.69, 9.17) is 0 Å². The Hall–Kier alpha value is -1.67. The van der Waals surface area contributed by atoms with Gasteiger partial charge in [0.05, 0.1) is 12.1 Å². The molecule has 2 heterocycles. The fourth-order valence-electron chi connectivity index (χ4n) is 4.48. The summed E-state index contributed by atoms with van der Waals surface area (Å²) in [5.41, 5.74) is 5.68. The van der Waals surface area contributed by atoms with Gasteiger partial charge in [0.15, 0.2) is 5.78 Å². The molecule has 3 atom stereocenters. The number of carbonyl (C=O) groups excluding carboxylic acids is 3. The number of nitrogens with zero attached hydrogens (tertiary/aromatic N) is 2. The number of carbonyl (C=O) groups is 3. The van der Waals surface area contributed by atoms with Crippen molar-refractivity contribution in [2.45, 2.75) is 96.9 Å². The summed E-state index contributed by atoms with van der Waals surface area (Å²) in [4.78, 5) is 41.9. The number of hydrazine groups is 1. The van der Waals surface area contributed by atoms with Gasteiger partial charge in [0.2, 0.25) is 5.91 Å². The van der Waals surface area contributed by atoms with E-state index in [9.17, 15) is 19.5 Å². The van der Waals surface area contributed by atoms with E-state index in [2.05, 4.69) is 10.9 Å². The molecule has 29 heavy (non-hydrogen) atoms. The average molecular weight is 411 g/mol. The van der Waals surface area contributed by atoms with Crippen LogP contribution in [-0.2, 0) is 9.59 Å². The number of hydrogen-bond donors (Lipinski definition) is 3. The molecule has 166 valence electrons. The zero-order valence-electron chi connectivity index (χ0n) is 18.3. The quantitative estimate of drug-likeness (QED) is 0.503. The number of β-amino-alcohol motifs (C(OH)–C–C–N with tert-alkyl or cyclic N) is 1. The lowest BCUT2D eigenvalue weighted by Gasteiger charge is -2.32. The number of rotatable bonds is 9. The maximum absolute atomic E-state index is 13.3. The van der Waals surface area contributed by atoms with Crippen LogP contribution >= 0.6 is 0 Å². The van der Waals surface area contributed by atoms with E-state index in [1.807, 2.05) is 27.7 Å². The third-order valence-electron chi connectivity index (χ3n) is 6.45. The fourth-order valence-corrected chi connectivity index (χ4v) is 4.48. The van der Waals surface area contributed by atoms with E-state index in [1.165, 1.54) is 4.90 Å². The molecule has 2 aliphatic heterocycles. The Morgan fingerprint density at radius 3 is 2.24 bits per heavy atom. The van der Waals surface area contributed by atoms with Crippen molar-refractivity contribution in [1.82, 2.24) is 20.7 Å². The first-order valence-corrected chi connectivity index (χ1v) is 11.2. The number of likely N-dealkylation sites (tertiary alicyclic amines) is 2. The van der Waals surface area contributed by atoms with Crippen LogP contribution < -0.4 is 10.9 Å². The lowest BCUT2D eigenvalue weighted by molar-refractivity contribution is -0.142. The molecule has 3 amide bonds. The molecule has 0 spiro atoms. The molecule has 0 saturated carbocycles. The van der Waals surface area contributed by atoms with Crippen LogP contribution in [0, 0.1) is 5.92 Å². The maximum atomic E-state index is 13.3. The molecule has 3 N–H and O–H groups in total. The molecule has 2 saturated heterocycles. The van der Waals surface area contributed by atoms with Gasteiger partial charge in [-0.2, -0.15) is 0 Å². The minimum atomic E-state index is -0.737. The number of Topliss-reactive ketones (excluding diaryl/α,β-unsaturated/α-hetero) is 1. The molecule has 2 rings (SSSR count). The number of ketones is 1. The van der Waals surface area contributed by atoms with Crippen LogP contribution in [0.5, 0.6) is 0 Å². The van der Waals surface area contributed by atoms with Gasteiger partial charge in [-0.05, 0) is 38.5 Å². The second-order valence-corrected chi connectivity index (χ2v) is 8.25. The molecular weight excluding hydrogens is 372 g/mol. The first-order chi connectivity index (χ1) is 13.9. The van der Waals surface area contributed by atoms with Gasteiger partial charge in [-0.25, -0.2) is 10.2 Å². The molecule has 0 bridgehead atoms. The second-order valence-electron chi connectivity index (χ2n) is 8.25. The molecule has 2 fully saturated rings. The molecule has 8 nitrogen and oxygen atoms in total. The molecule has 0 aromatic carbocycles. The standard InChI is InChI=1S/C21H38N4O4/c1-5-14(6-2)19(27)17-10-9-11-24(17)20(28)18-12-16(26)13-25(18)21(29)23-22-15(7-3)8-4/h14-18,22,26H,5-13H2,1-4H3,(H,23,29). The number of aliphatic hydroxyl groups is 1. The van der Waals surface area contributed by atoms with Crippen LogP contribution in [0.1, 0.15) is 72.6 Å². The minimum Gasteiger partial charge on any atom is -0.391 e. The number of hydrogen-bond acceptors (Lipinski definition) is 5. The van der Waals surface area contributed by atoms with Crippen molar-refractivity contribution in [3.8, 4) is 0 Å². The Balaban J connectivity index is 2.08. The molecule has 0 aromatic rings. The number of urea groups is 1. The van der Waals surface area contributed by atoms with E-state index < -0.39 is 24.2 Å². The van der Waals surface area contributed by atoms with E-state index in [1.54, 1.807) is 4.90 Å². The minimum absolute atomic E-state index is 0.0359. The van der Waals surface area contributed by atoms with Crippen molar-refractivity contribution >= 4 is 17.7 Å². The Labute approximate surface area is 174 Å².